The third-order valence-electron chi connectivity index (χ3n) is 12.3. The number of hydrogen-bond acceptors (Lipinski definition) is 17. The number of fused-ring (bicyclic) bond motifs is 6. The predicted octanol–water partition coefficient (Wildman–Crippen LogP) is 3.95. The van der Waals surface area contributed by atoms with Gasteiger partial charge in [-0.3, -0.25) is 14.4 Å². The molecule has 350 valence electrons. The van der Waals surface area contributed by atoms with Crippen LogP contribution in [-0.4, -0.2) is 131 Å². The van der Waals surface area contributed by atoms with E-state index in [1.807, 2.05) is 6.92 Å². The van der Waals surface area contributed by atoms with Gasteiger partial charge in [0.15, 0.2) is 11.9 Å². The van der Waals surface area contributed by atoms with Gasteiger partial charge in [0, 0.05) is 56.1 Å². The smallest absolute Gasteiger partial charge is 0.330 e. The van der Waals surface area contributed by atoms with Gasteiger partial charge in [-0.05, 0) is 44.6 Å². The zero-order valence-electron chi connectivity index (χ0n) is 37.6. The molecule has 11 atom stereocenters. The molecule has 0 radical (unpaired) electrons. The molecule has 4 N–H and O–H groups in total. The Balaban J connectivity index is 1.89. The summed E-state index contributed by atoms with van der Waals surface area (Å²) in [5.74, 6) is -7.88. The summed E-state index contributed by atoms with van der Waals surface area (Å²) in [5.41, 5.74) is -1.95. The molecule has 6 bridgehead atoms. The highest BCUT2D eigenvalue weighted by Crippen LogP contribution is 2.50. The van der Waals surface area contributed by atoms with E-state index in [-0.39, 0.29) is 63.4 Å². The molecule has 0 aromatic heterocycles. The minimum absolute atomic E-state index is 0.00811. The molecule has 0 aromatic rings. The molecular formula is C45H68O17. The van der Waals surface area contributed by atoms with Gasteiger partial charge in [0.05, 0.1) is 62.7 Å². The van der Waals surface area contributed by atoms with Crippen LogP contribution < -0.4 is 0 Å². The highest BCUT2D eigenvalue weighted by atomic mass is 16.7. The van der Waals surface area contributed by atoms with Crippen LogP contribution in [0.25, 0.3) is 0 Å². The molecule has 3 fully saturated rings. The highest BCUT2D eigenvalue weighted by Gasteiger charge is 2.59. The standard InChI is InChI=1S/C45H68O17/c1-10-12-36(48)59-35-24-32-21-29(47)22-40(52)58-34(26(3)46)23-31-19-28(20-39(51)56-9)41(60-37(49)13-11-2)45(54,62-31)42(4,5)15-14-30-16-27(18-38(50)55-8)17-33(57-30)25-44(53,61-32)43(35,6)7/h14-15,18,20,26,29-35,41,46-47,53-54H,10-13,16-17,19,21-25H2,1-9H3/b15-14+,27-18-,28-20+/t26-,29+,30-,31-,32+,33-,34+,35-,41-,44-,45+/m0/s1. The van der Waals surface area contributed by atoms with Crippen LogP contribution in [0.1, 0.15) is 126 Å². The van der Waals surface area contributed by atoms with Crippen molar-refractivity contribution >= 4 is 29.8 Å². The quantitative estimate of drug-likeness (QED) is 0.111. The van der Waals surface area contributed by atoms with Crippen molar-refractivity contribution in [2.24, 2.45) is 10.8 Å². The average molecular weight is 881 g/mol. The summed E-state index contributed by atoms with van der Waals surface area (Å²) < 4.78 is 46.9. The van der Waals surface area contributed by atoms with E-state index >= 15 is 0 Å². The second-order valence-corrected chi connectivity index (χ2v) is 18.1. The Labute approximate surface area is 364 Å². The Morgan fingerprint density at radius 3 is 2.08 bits per heavy atom. The zero-order valence-corrected chi connectivity index (χ0v) is 37.6. The first-order valence-electron chi connectivity index (χ1n) is 21.6. The van der Waals surface area contributed by atoms with E-state index in [0.717, 1.165) is 6.08 Å². The number of esters is 5. The van der Waals surface area contributed by atoms with Crippen LogP contribution in [0, 0.1) is 10.8 Å². The first-order valence-corrected chi connectivity index (χ1v) is 21.6. The van der Waals surface area contributed by atoms with E-state index in [2.05, 4.69) is 0 Å². The molecule has 0 spiro atoms. The summed E-state index contributed by atoms with van der Waals surface area (Å²) in [6.45, 7) is 11.7. The maximum Gasteiger partial charge on any atom is 0.330 e. The predicted molar refractivity (Wildman–Crippen MR) is 219 cm³/mol. The fourth-order valence-corrected chi connectivity index (χ4v) is 8.56. The maximum absolute atomic E-state index is 13.4. The SMILES string of the molecule is CCCC(=O)O[C@H]1C[C@H]2C[C@@H](O)CC(=O)O[C@@H]([C@H](C)O)C[C@@H]3C/C(=C\C(=O)OC)[C@H](OC(=O)CCC)[C@@](O)(O3)C(C)(C)/C=C/[C@H]3C/C(=C/C(=O)OC)C[C@@H](C[C@](O)(O2)C1(C)C)O3. The molecule has 4 rings (SSSR count). The Morgan fingerprint density at radius 2 is 1.47 bits per heavy atom. The van der Waals surface area contributed by atoms with Crippen molar-refractivity contribution in [1.82, 2.24) is 0 Å². The Hall–Kier alpha value is -3.71. The molecule has 17 heteroatoms. The second-order valence-electron chi connectivity index (χ2n) is 18.1. The van der Waals surface area contributed by atoms with Crippen molar-refractivity contribution in [2.75, 3.05) is 14.2 Å². The Morgan fingerprint density at radius 1 is 0.839 bits per heavy atom. The van der Waals surface area contributed by atoms with Gasteiger partial charge in [0.1, 0.15) is 12.2 Å². The van der Waals surface area contributed by atoms with Crippen LogP contribution in [0.4, 0.5) is 0 Å². The number of carbonyl (C=O) groups excluding carboxylic acids is 5. The average Bonchev–Trinajstić information content (AvgIpc) is 3.16. The van der Waals surface area contributed by atoms with Gasteiger partial charge >= 0.3 is 29.8 Å². The van der Waals surface area contributed by atoms with E-state index < -0.39 is 114 Å². The van der Waals surface area contributed by atoms with Gasteiger partial charge in [-0.1, -0.05) is 59.3 Å². The summed E-state index contributed by atoms with van der Waals surface area (Å²) in [4.78, 5) is 64.8. The van der Waals surface area contributed by atoms with Gasteiger partial charge in [-0.15, -0.1) is 0 Å². The monoisotopic (exact) mass is 880 g/mol. The largest absolute Gasteiger partial charge is 0.466 e. The fraction of sp³-hybridized carbons (Fsp3) is 0.756. The van der Waals surface area contributed by atoms with Crippen LogP contribution in [0.3, 0.4) is 0 Å². The second kappa shape index (κ2) is 21.3. The molecular weight excluding hydrogens is 812 g/mol. The third-order valence-corrected chi connectivity index (χ3v) is 12.3. The summed E-state index contributed by atoms with van der Waals surface area (Å²) in [7, 11) is 2.42. The van der Waals surface area contributed by atoms with Crippen LogP contribution in [0.2, 0.25) is 0 Å². The number of methoxy groups -OCH3 is 2. The van der Waals surface area contributed by atoms with E-state index in [4.69, 9.17) is 37.9 Å². The third kappa shape index (κ3) is 12.5. The number of aliphatic hydroxyl groups is 4. The molecule has 4 heterocycles. The minimum Gasteiger partial charge on any atom is -0.466 e. The summed E-state index contributed by atoms with van der Waals surface area (Å²) in [6.07, 6.45) is -3.83. The molecule has 3 saturated heterocycles. The number of rotatable bonds is 9. The first-order chi connectivity index (χ1) is 29.0. The first kappa shape index (κ1) is 50.9. The lowest BCUT2D eigenvalue weighted by atomic mass is 9.70. The molecule has 0 saturated carbocycles. The fourth-order valence-electron chi connectivity index (χ4n) is 8.56. The summed E-state index contributed by atoms with van der Waals surface area (Å²) >= 11 is 0. The van der Waals surface area contributed by atoms with Gasteiger partial charge in [-0.2, -0.15) is 0 Å². The topological polar surface area (TPSA) is 240 Å². The molecule has 4 aliphatic heterocycles. The number of carbonyl (C=O) groups is 5. The molecule has 0 unspecified atom stereocenters. The van der Waals surface area contributed by atoms with Crippen LogP contribution >= 0.6 is 0 Å². The van der Waals surface area contributed by atoms with Crippen molar-refractivity contribution in [3.8, 4) is 0 Å². The highest BCUT2D eigenvalue weighted by molar-refractivity contribution is 5.83. The lowest BCUT2D eigenvalue weighted by Crippen LogP contribution is -2.62. The van der Waals surface area contributed by atoms with E-state index in [0.29, 0.717) is 18.4 Å². The number of ether oxygens (including phenoxy) is 8. The lowest BCUT2D eigenvalue weighted by molar-refractivity contribution is -0.348. The maximum atomic E-state index is 13.4. The van der Waals surface area contributed by atoms with E-state index in [1.54, 1.807) is 46.8 Å². The number of aliphatic hydroxyl groups excluding tert-OH is 2. The Bertz CT molecular complexity index is 1700. The molecule has 4 aliphatic rings. The molecule has 17 nitrogen and oxygen atoms in total. The zero-order chi connectivity index (χ0) is 46.2. The summed E-state index contributed by atoms with van der Waals surface area (Å²) in [6, 6.07) is 0. The van der Waals surface area contributed by atoms with E-state index in [1.165, 1.54) is 27.2 Å². The van der Waals surface area contributed by atoms with Crippen molar-refractivity contribution < 1.29 is 82.3 Å². The Kier molecular flexibility index (Phi) is 17.5. The van der Waals surface area contributed by atoms with Crippen molar-refractivity contribution in [3.63, 3.8) is 0 Å². The molecule has 0 aliphatic carbocycles. The molecule has 0 aromatic carbocycles. The normalized spacial score (nSPS) is 36.3. The van der Waals surface area contributed by atoms with Gasteiger partial charge in [0.2, 0.25) is 5.79 Å². The van der Waals surface area contributed by atoms with Crippen molar-refractivity contribution in [1.29, 1.82) is 0 Å². The molecule has 0 amide bonds. The van der Waals surface area contributed by atoms with Gasteiger partial charge < -0.3 is 58.3 Å². The minimum atomic E-state index is -2.41. The van der Waals surface area contributed by atoms with Crippen molar-refractivity contribution in [3.05, 3.63) is 35.5 Å². The number of cyclic esters (lactones) is 1. The van der Waals surface area contributed by atoms with Crippen molar-refractivity contribution in [2.45, 2.75) is 192 Å². The van der Waals surface area contributed by atoms with Crippen LogP contribution in [-0.2, 0) is 61.9 Å². The van der Waals surface area contributed by atoms with Gasteiger partial charge in [-0.25, -0.2) is 9.59 Å². The van der Waals surface area contributed by atoms with Crippen LogP contribution in [0.5, 0.6) is 0 Å². The summed E-state index contributed by atoms with van der Waals surface area (Å²) in [5, 5.41) is 47.5. The molecule has 62 heavy (non-hydrogen) atoms. The van der Waals surface area contributed by atoms with E-state index in [9.17, 15) is 44.4 Å². The van der Waals surface area contributed by atoms with Crippen LogP contribution in [0.15, 0.2) is 35.5 Å². The lowest BCUT2D eigenvalue weighted by Gasteiger charge is -2.53. The van der Waals surface area contributed by atoms with Gasteiger partial charge in [0.25, 0.3) is 0 Å². The number of hydrogen-bond donors (Lipinski definition) is 4.